The Morgan fingerprint density at radius 2 is 2.11 bits per heavy atom. The number of hydrogen-bond acceptors (Lipinski definition) is 8. The van der Waals surface area contributed by atoms with Crippen LogP contribution >= 0.6 is 11.8 Å². The first-order chi connectivity index (χ1) is 13.3. The first kappa shape index (κ1) is 19.8. The number of nitriles is 1. The van der Waals surface area contributed by atoms with Crippen LogP contribution in [0.15, 0.2) is 45.2 Å². The van der Waals surface area contributed by atoms with Crippen LogP contribution in [0.25, 0.3) is 0 Å². The minimum Gasteiger partial charge on any atom is -0.496 e. The number of carbonyl (C=O) groups excluding carboxylic acids is 1. The number of amidine groups is 1. The quantitative estimate of drug-likeness (QED) is 0.776. The van der Waals surface area contributed by atoms with Crippen LogP contribution in [0.5, 0.6) is 5.75 Å². The van der Waals surface area contributed by atoms with E-state index in [9.17, 15) is 10.1 Å². The van der Waals surface area contributed by atoms with Crippen molar-refractivity contribution >= 4 is 22.9 Å². The predicted molar refractivity (Wildman–Crippen MR) is 108 cm³/mol. The van der Waals surface area contributed by atoms with E-state index in [-0.39, 0.29) is 11.9 Å². The molecule has 8 heteroatoms. The molecule has 0 radical (unpaired) electrons. The summed E-state index contributed by atoms with van der Waals surface area (Å²) in [7, 11) is 1.60. The van der Waals surface area contributed by atoms with Crippen molar-refractivity contribution in [1.29, 1.82) is 5.26 Å². The molecule has 0 saturated heterocycles. The van der Waals surface area contributed by atoms with E-state index < -0.39 is 12.0 Å². The number of thioether (sulfide) groups is 1. The van der Waals surface area contributed by atoms with E-state index in [1.54, 1.807) is 32.8 Å². The summed E-state index contributed by atoms with van der Waals surface area (Å²) in [6.45, 7) is 7.30. The Hall–Kier alpha value is -2.92. The zero-order chi connectivity index (χ0) is 20.6. The zero-order valence-electron chi connectivity index (χ0n) is 16.4. The van der Waals surface area contributed by atoms with Crippen molar-refractivity contribution in [2.45, 2.75) is 39.8 Å². The van der Waals surface area contributed by atoms with Gasteiger partial charge in [-0.25, -0.2) is 9.79 Å². The third-order valence-electron chi connectivity index (χ3n) is 4.49. The van der Waals surface area contributed by atoms with Gasteiger partial charge in [-0.3, -0.25) is 4.90 Å². The maximum atomic E-state index is 12.9. The number of benzene rings is 1. The molecule has 0 aromatic heterocycles. The summed E-state index contributed by atoms with van der Waals surface area (Å²) >= 11 is 1.20. The molecular formula is C20H22N4O3S. The van der Waals surface area contributed by atoms with Crippen molar-refractivity contribution in [3.8, 4) is 11.8 Å². The van der Waals surface area contributed by atoms with E-state index in [1.165, 1.54) is 11.8 Å². The molecule has 1 aromatic rings. The van der Waals surface area contributed by atoms with Crippen molar-refractivity contribution < 1.29 is 14.3 Å². The largest absolute Gasteiger partial charge is 0.496 e. The third kappa shape index (κ3) is 3.34. The molecule has 2 aliphatic heterocycles. The molecule has 2 aliphatic rings. The van der Waals surface area contributed by atoms with Gasteiger partial charge in [-0.15, -0.1) is 0 Å². The number of methoxy groups -OCH3 is 1. The lowest BCUT2D eigenvalue weighted by atomic mass is 9.93. The highest BCUT2D eigenvalue weighted by atomic mass is 32.2. The van der Waals surface area contributed by atoms with E-state index in [2.05, 4.69) is 11.1 Å². The molecule has 1 aromatic carbocycles. The van der Waals surface area contributed by atoms with Gasteiger partial charge in [-0.1, -0.05) is 12.1 Å². The van der Waals surface area contributed by atoms with E-state index in [0.29, 0.717) is 27.1 Å². The van der Waals surface area contributed by atoms with Gasteiger partial charge in [0.1, 0.15) is 22.5 Å². The average Bonchev–Trinajstić information content (AvgIpc) is 2.95. The van der Waals surface area contributed by atoms with Crippen molar-refractivity contribution in [2.75, 3.05) is 7.11 Å². The number of aryl methyl sites for hydroxylation is 1. The van der Waals surface area contributed by atoms with Gasteiger partial charge in [-0.05, 0) is 56.7 Å². The first-order valence-corrected chi connectivity index (χ1v) is 9.62. The number of hydrogen-bond donors (Lipinski definition) is 1. The molecule has 3 rings (SSSR count). The van der Waals surface area contributed by atoms with Crippen LogP contribution in [0, 0.1) is 18.3 Å². The van der Waals surface area contributed by atoms with Gasteiger partial charge in [0.25, 0.3) is 0 Å². The standard InChI is InChI=1S/C20H22N4O3S/c1-10(2)27-19(25)16-12(4)23-20-24(18(22)15(9-21)28-20)17(16)13-7-6-11(3)14(8-13)26-5/h6-8,10,17H,22H2,1-5H3/t17-/m1/s1. The summed E-state index contributed by atoms with van der Waals surface area (Å²) in [5, 5.41) is 9.97. The molecule has 0 unspecified atom stereocenters. The molecule has 0 aliphatic carbocycles. The van der Waals surface area contributed by atoms with Crippen LogP contribution in [0.1, 0.15) is 37.9 Å². The van der Waals surface area contributed by atoms with Crippen LogP contribution in [-0.2, 0) is 9.53 Å². The maximum Gasteiger partial charge on any atom is 0.338 e. The summed E-state index contributed by atoms with van der Waals surface area (Å²) < 4.78 is 10.9. The highest BCUT2D eigenvalue weighted by Gasteiger charge is 2.43. The van der Waals surface area contributed by atoms with Crippen molar-refractivity contribution in [3.05, 3.63) is 51.3 Å². The second-order valence-corrected chi connectivity index (χ2v) is 7.75. The average molecular weight is 398 g/mol. The molecule has 146 valence electrons. The number of nitrogens with zero attached hydrogens (tertiary/aromatic N) is 3. The maximum absolute atomic E-state index is 12.9. The number of rotatable bonds is 4. The fourth-order valence-corrected chi connectivity index (χ4v) is 4.12. The summed E-state index contributed by atoms with van der Waals surface area (Å²) in [4.78, 5) is 19.5. The lowest BCUT2D eigenvalue weighted by Gasteiger charge is -2.35. The molecule has 1 atom stereocenters. The smallest absolute Gasteiger partial charge is 0.338 e. The SMILES string of the molecule is COc1cc([C@@H]2C(C(=O)OC(C)C)=C(C)N=C3SC(C#N)=C(N)N32)ccc1C. The molecular weight excluding hydrogens is 376 g/mol. The Kier molecular flexibility index (Phi) is 5.38. The molecule has 0 spiro atoms. The fraction of sp³-hybridized carbons (Fsp3) is 0.350. The number of nitrogens with two attached hydrogens (primary N) is 1. The van der Waals surface area contributed by atoms with Crippen molar-refractivity contribution in [2.24, 2.45) is 10.7 Å². The van der Waals surface area contributed by atoms with E-state index >= 15 is 0 Å². The first-order valence-electron chi connectivity index (χ1n) is 8.80. The Morgan fingerprint density at radius 1 is 1.39 bits per heavy atom. The number of ether oxygens (including phenoxy) is 2. The summed E-state index contributed by atoms with van der Waals surface area (Å²) in [5.41, 5.74) is 8.96. The van der Waals surface area contributed by atoms with Crippen LogP contribution in [-0.4, -0.2) is 29.3 Å². The van der Waals surface area contributed by atoms with Crippen LogP contribution in [0.3, 0.4) is 0 Å². The minimum absolute atomic E-state index is 0.276. The third-order valence-corrected chi connectivity index (χ3v) is 5.46. The number of fused-ring (bicyclic) bond motifs is 1. The molecule has 0 saturated carbocycles. The Bertz CT molecular complexity index is 972. The minimum atomic E-state index is -0.563. The van der Waals surface area contributed by atoms with Gasteiger partial charge in [0.2, 0.25) is 0 Å². The topological polar surface area (TPSA) is 101 Å². The highest BCUT2D eigenvalue weighted by molar-refractivity contribution is 8.17. The van der Waals surface area contributed by atoms with Crippen LogP contribution < -0.4 is 10.5 Å². The summed E-state index contributed by atoms with van der Waals surface area (Å²) in [5.74, 6) is 0.520. The van der Waals surface area contributed by atoms with Gasteiger partial charge in [0.15, 0.2) is 5.17 Å². The van der Waals surface area contributed by atoms with Crippen molar-refractivity contribution in [3.63, 3.8) is 0 Å². The molecule has 28 heavy (non-hydrogen) atoms. The monoisotopic (exact) mass is 398 g/mol. The Balaban J connectivity index is 2.20. The lowest BCUT2D eigenvalue weighted by Crippen LogP contribution is -2.39. The number of aliphatic imine (C=N–C) groups is 1. The fourth-order valence-electron chi connectivity index (χ4n) is 3.20. The second-order valence-electron chi connectivity index (χ2n) is 6.78. The van der Waals surface area contributed by atoms with Gasteiger partial charge in [0, 0.05) is 0 Å². The highest BCUT2D eigenvalue weighted by Crippen LogP contribution is 2.46. The molecule has 0 fully saturated rings. The van der Waals surface area contributed by atoms with Crippen molar-refractivity contribution in [1.82, 2.24) is 4.90 Å². The van der Waals surface area contributed by atoms with E-state index in [4.69, 9.17) is 15.2 Å². The Labute approximate surface area is 168 Å². The van der Waals surface area contributed by atoms with Crippen LogP contribution in [0.2, 0.25) is 0 Å². The van der Waals surface area contributed by atoms with Gasteiger partial charge in [-0.2, -0.15) is 5.26 Å². The molecule has 7 nitrogen and oxygen atoms in total. The zero-order valence-corrected chi connectivity index (χ0v) is 17.3. The van der Waals surface area contributed by atoms with Gasteiger partial charge in [0.05, 0.1) is 30.5 Å². The molecule has 2 N–H and O–H groups in total. The number of allylic oxidation sites excluding steroid dienone is 2. The number of esters is 1. The van der Waals surface area contributed by atoms with Gasteiger partial charge < -0.3 is 15.2 Å². The van der Waals surface area contributed by atoms with Crippen LogP contribution in [0.4, 0.5) is 0 Å². The predicted octanol–water partition coefficient (Wildman–Crippen LogP) is 3.34. The molecule has 0 amide bonds. The summed E-state index contributed by atoms with van der Waals surface area (Å²) in [6, 6.07) is 7.26. The van der Waals surface area contributed by atoms with E-state index in [1.807, 2.05) is 25.1 Å². The normalized spacial score (nSPS) is 18.8. The van der Waals surface area contributed by atoms with E-state index in [0.717, 1.165) is 11.1 Å². The summed E-state index contributed by atoms with van der Waals surface area (Å²) in [6.07, 6.45) is -0.276. The Morgan fingerprint density at radius 3 is 2.71 bits per heavy atom. The molecule has 2 heterocycles. The number of carbonyl (C=O) groups is 1. The lowest BCUT2D eigenvalue weighted by molar-refractivity contribution is -0.143. The van der Waals surface area contributed by atoms with Gasteiger partial charge >= 0.3 is 5.97 Å². The second kappa shape index (κ2) is 7.60. The molecule has 0 bridgehead atoms.